The van der Waals surface area contributed by atoms with Gasteiger partial charge in [0.05, 0.1) is 5.03 Å². The van der Waals surface area contributed by atoms with Gasteiger partial charge in [-0.2, -0.15) is 0 Å². The third-order valence-electron chi connectivity index (χ3n) is 4.24. The zero-order valence-electron chi connectivity index (χ0n) is 14.4. The molecule has 0 bridgehead atoms. The van der Waals surface area contributed by atoms with Gasteiger partial charge < -0.3 is 0 Å². The molecule has 0 saturated carbocycles. The molecule has 0 N–H and O–H groups in total. The molecule has 0 saturated heterocycles. The lowest BCUT2D eigenvalue weighted by Crippen LogP contribution is -2.19. The van der Waals surface area contributed by atoms with Crippen LogP contribution >= 0.6 is 11.6 Å². The van der Waals surface area contributed by atoms with Gasteiger partial charge in [0.15, 0.2) is 6.29 Å². The van der Waals surface area contributed by atoms with Crippen LogP contribution in [-0.4, -0.2) is 6.29 Å². The Hall–Kier alpha value is -1.34. The first-order valence-electron chi connectivity index (χ1n) is 7.83. The second-order valence-electron chi connectivity index (χ2n) is 6.68. The van der Waals surface area contributed by atoms with E-state index < -0.39 is 0 Å². The standard InChI is InChI=1S/C20H27ClO/c1-15(8-6-9-17(3)19(21)14-22)11-12-18-16(2)10-7-13-20(18,4)5/h6,8-9,11-12,14H,7,10,13H2,1-5H3. The molecule has 0 spiro atoms. The number of carbonyl (C=O) groups excluding carboxylic acids is 1. The van der Waals surface area contributed by atoms with Gasteiger partial charge >= 0.3 is 0 Å². The summed E-state index contributed by atoms with van der Waals surface area (Å²) < 4.78 is 0. The molecule has 1 nitrogen and oxygen atoms in total. The lowest BCUT2D eigenvalue weighted by atomic mass is 9.72. The van der Waals surface area contributed by atoms with E-state index in [1.807, 2.05) is 25.2 Å². The molecule has 1 rings (SSSR count). The maximum Gasteiger partial charge on any atom is 0.161 e. The first-order chi connectivity index (χ1) is 10.3. The highest BCUT2D eigenvalue weighted by molar-refractivity contribution is 6.39. The molecule has 2 heteroatoms. The monoisotopic (exact) mass is 318 g/mol. The molecular formula is C20H27ClO. The summed E-state index contributed by atoms with van der Waals surface area (Å²) in [5, 5.41) is 0.252. The smallest absolute Gasteiger partial charge is 0.161 e. The van der Waals surface area contributed by atoms with Gasteiger partial charge in [-0.25, -0.2) is 0 Å². The van der Waals surface area contributed by atoms with Crippen molar-refractivity contribution in [2.24, 2.45) is 5.41 Å². The fourth-order valence-corrected chi connectivity index (χ4v) is 2.86. The minimum Gasteiger partial charge on any atom is -0.297 e. The van der Waals surface area contributed by atoms with Gasteiger partial charge in [-0.05, 0) is 56.6 Å². The summed E-state index contributed by atoms with van der Waals surface area (Å²) in [5.41, 5.74) is 5.19. The van der Waals surface area contributed by atoms with Gasteiger partial charge in [-0.3, -0.25) is 4.79 Å². The van der Waals surface area contributed by atoms with Crippen molar-refractivity contribution in [3.05, 3.63) is 57.7 Å². The van der Waals surface area contributed by atoms with E-state index in [1.54, 1.807) is 0 Å². The van der Waals surface area contributed by atoms with Crippen molar-refractivity contribution >= 4 is 17.9 Å². The van der Waals surface area contributed by atoms with E-state index in [-0.39, 0.29) is 10.4 Å². The maximum atomic E-state index is 10.6. The van der Waals surface area contributed by atoms with Crippen LogP contribution in [0.1, 0.15) is 53.9 Å². The van der Waals surface area contributed by atoms with E-state index in [2.05, 4.69) is 39.8 Å². The Labute approximate surface area is 140 Å². The molecule has 22 heavy (non-hydrogen) atoms. The van der Waals surface area contributed by atoms with Crippen LogP contribution in [0.3, 0.4) is 0 Å². The molecular weight excluding hydrogens is 292 g/mol. The first-order valence-corrected chi connectivity index (χ1v) is 8.20. The van der Waals surface area contributed by atoms with Crippen LogP contribution in [0.2, 0.25) is 0 Å². The lowest BCUT2D eigenvalue weighted by Gasteiger charge is -2.32. The van der Waals surface area contributed by atoms with Gasteiger partial charge in [0.2, 0.25) is 0 Å². The van der Waals surface area contributed by atoms with E-state index in [4.69, 9.17) is 11.6 Å². The van der Waals surface area contributed by atoms with Crippen LogP contribution < -0.4 is 0 Å². The molecule has 0 aromatic carbocycles. The Bertz CT molecular complexity index is 569. The summed E-state index contributed by atoms with van der Waals surface area (Å²) in [6.45, 7) is 10.8. The Morgan fingerprint density at radius 2 is 1.91 bits per heavy atom. The summed E-state index contributed by atoms with van der Waals surface area (Å²) >= 11 is 5.76. The van der Waals surface area contributed by atoms with E-state index >= 15 is 0 Å². The fraction of sp³-hybridized carbons (Fsp3) is 0.450. The summed E-state index contributed by atoms with van der Waals surface area (Å²) in [7, 11) is 0. The molecule has 0 aromatic rings. The molecule has 1 aliphatic rings. The predicted octanol–water partition coefficient (Wildman–Crippen LogP) is 6.28. The topological polar surface area (TPSA) is 17.1 Å². The number of hydrogen-bond acceptors (Lipinski definition) is 1. The van der Waals surface area contributed by atoms with Crippen LogP contribution in [0.25, 0.3) is 0 Å². The molecule has 0 heterocycles. The summed E-state index contributed by atoms with van der Waals surface area (Å²) in [5.74, 6) is 0. The highest BCUT2D eigenvalue weighted by atomic mass is 35.5. The molecule has 0 atom stereocenters. The molecule has 120 valence electrons. The maximum absolute atomic E-state index is 10.6. The van der Waals surface area contributed by atoms with Crippen molar-refractivity contribution in [2.45, 2.75) is 53.9 Å². The van der Waals surface area contributed by atoms with E-state index in [0.717, 1.165) is 5.57 Å². The molecule has 0 unspecified atom stereocenters. The number of allylic oxidation sites excluding steroid dienone is 10. The molecule has 0 amide bonds. The minimum atomic E-state index is 0.252. The SMILES string of the molecule is CC(C=CC1=C(C)CCCC1(C)C)=CC=CC(C)=C(Cl)C=O. The average molecular weight is 319 g/mol. The highest BCUT2D eigenvalue weighted by Gasteiger charge is 2.26. The highest BCUT2D eigenvalue weighted by Crippen LogP contribution is 2.40. The Kier molecular flexibility index (Phi) is 7.09. The molecule has 0 fully saturated rings. The number of rotatable bonds is 5. The van der Waals surface area contributed by atoms with Gasteiger partial charge in [-0.15, -0.1) is 0 Å². The molecule has 1 aliphatic carbocycles. The number of hydrogen-bond donors (Lipinski definition) is 0. The van der Waals surface area contributed by atoms with Gasteiger partial charge in [0.25, 0.3) is 0 Å². The van der Waals surface area contributed by atoms with Gasteiger partial charge in [-0.1, -0.05) is 67.0 Å². The van der Waals surface area contributed by atoms with Crippen molar-refractivity contribution in [1.82, 2.24) is 0 Å². The van der Waals surface area contributed by atoms with Crippen molar-refractivity contribution in [2.75, 3.05) is 0 Å². The predicted molar refractivity (Wildman–Crippen MR) is 97.0 cm³/mol. The lowest BCUT2D eigenvalue weighted by molar-refractivity contribution is -0.104. The fourth-order valence-electron chi connectivity index (χ4n) is 2.80. The van der Waals surface area contributed by atoms with E-state index in [0.29, 0.717) is 6.29 Å². The average Bonchev–Trinajstić information content (AvgIpc) is 2.45. The normalized spacial score (nSPS) is 20.7. The van der Waals surface area contributed by atoms with E-state index in [9.17, 15) is 4.79 Å². The second-order valence-corrected chi connectivity index (χ2v) is 7.09. The van der Waals surface area contributed by atoms with Crippen molar-refractivity contribution in [3.8, 4) is 0 Å². The Balaban J connectivity index is 2.84. The number of halogens is 1. The quantitative estimate of drug-likeness (QED) is 0.331. The number of carbonyl (C=O) groups is 1. The summed E-state index contributed by atoms with van der Waals surface area (Å²) in [6.07, 6.45) is 14.6. The summed E-state index contributed by atoms with van der Waals surface area (Å²) in [6, 6.07) is 0. The summed E-state index contributed by atoms with van der Waals surface area (Å²) in [4.78, 5) is 10.6. The van der Waals surface area contributed by atoms with Crippen LogP contribution in [0, 0.1) is 5.41 Å². The minimum absolute atomic E-state index is 0.252. The molecule has 0 radical (unpaired) electrons. The molecule has 0 aromatic heterocycles. The van der Waals surface area contributed by atoms with Crippen LogP contribution in [-0.2, 0) is 4.79 Å². The van der Waals surface area contributed by atoms with Gasteiger partial charge in [0.1, 0.15) is 0 Å². The zero-order chi connectivity index (χ0) is 16.8. The molecule has 0 aliphatic heterocycles. The second kappa shape index (κ2) is 8.33. The largest absolute Gasteiger partial charge is 0.297 e. The first kappa shape index (κ1) is 18.7. The Morgan fingerprint density at radius 1 is 1.23 bits per heavy atom. The van der Waals surface area contributed by atoms with Crippen molar-refractivity contribution in [3.63, 3.8) is 0 Å². The van der Waals surface area contributed by atoms with Crippen molar-refractivity contribution in [1.29, 1.82) is 0 Å². The third-order valence-corrected chi connectivity index (χ3v) is 4.63. The van der Waals surface area contributed by atoms with Crippen LogP contribution in [0.15, 0.2) is 57.7 Å². The van der Waals surface area contributed by atoms with E-state index in [1.165, 1.54) is 36.0 Å². The van der Waals surface area contributed by atoms with Crippen LogP contribution in [0.4, 0.5) is 0 Å². The third kappa shape index (κ3) is 5.46. The van der Waals surface area contributed by atoms with Crippen molar-refractivity contribution < 1.29 is 4.79 Å². The van der Waals surface area contributed by atoms with Crippen LogP contribution in [0.5, 0.6) is 0 Å². The number of aldehydes is 1. The van der Waals surface area contributed by atoms with Gasteiger partial charge in [0, 0.05) is 0 Å². The Morgan fingerprint density at radius 3 is 2.50 bits per heavy atom. The zero-order valence-corrected chi connectivity index (χ0v) is 15.1.